The van der Waals surface area contributed by atoms with Gasteiger partial charge in [-0.15, -0.1) is 0 Å². The van der Waals surface area contributed by atoms with E-state index in [-0.39, 0.29) is 17.7 Å². The fourth-order valence-corrected chi connectivity index (χ4v) is 3.16. The second-order valence-corrected chi connectivity index (χ2v) is 6.85. The lowest BCUT2D eigenvalue weighted by molar-refractivity contribution is -0.126. The summed E-state index contributed by atoms with van der Waals surface area (Å²) in [4.78, 5) is 24.8. The van der Waals surface area contributed by atoms with Crippen LogP contribution in [-0.4, -0.2) is 45.8 Å². The molecule has 29 heavy (non-hydrogen) atoms. The zero-order chi connectivity index (χ0) is 20.6. The lowest BCUT2D eigenvalue weighted by Gasteiger charge is -2.25. The van der Waals surface area contributed by atoms with Gasteiger partial charge in [0.15, 0.2) is 0 Å². The summed E-state index contributed by atoms with van der Waals surface area (Å²) in [5.74, 6) is 0.948. The summed E-state index contributed by atoms with van der Waals surface area (Å²) in [5, 5.41) is 5.81. The van der Waals surface area contributed by atoms with Crippen molar-refractivity contribution in [1.29, 1.82) is 0 Å². The van der Waals surface area contributed by atoms with E-state index in [9.17, 15) is 9.59 Å². The van der Waals surface area contributed by atoms with E-state index in [0.717, 1.165) is 17.7 Å². The van der Waals surface area contributed by atoms with Crippen LogP contribution in [0.1, 0.15) is 22.3 Å². The molecule has 0 aromatic heterocycles. The van der Waals surface area contributed by atoms with Crippen molar-refractivity contribution in [2.45, 2.75) is 12.8 Å². The van der Waals surface area contributed by atoms with Crippen LogP contribution in [0.3, 0.4) is 0 Å². The van der Waals surface area contributed by atoms with E-state index in [0.29, 0.717) is 43.2 Å². The quantitative estimate of drug-likeness (QED) is 0.668. The highest BCUT2D eigenvalue weighted by Crippen LogP contribution is 2.30. The minimum Gasteiger partial charge on any atom is -0.497 e. The maximum atomic E-state index is 12.5. The summed E-state index contributed by atoms with van der Waals surface area (Å²) < 4.78 is 15.8. The van der Waals surface area contributed by atoms with Gasteiger partial charge < -0.3 is 24.8 Å². The van der Waals surface area contributed by atoms with Gasteiger partial charge in [-0.2, -0.15) is 0 Å². The molecule has 2 aromatic carbocycles. The lowest BCUT2D eigenvalue weighted by atomic mass is 9.95. The van der Waals surface area contributed by atoms with Crippen molar-refractivity contribution < 1.29 is 23.8 Å². The van der Waals surface area contributed by atoms with E-state index >= 15 is 0 Å². The maximum Gasteiger partial charge on any atom is 0.255 e. The molecule has 2 aromatic rings. The summed E-state index contributed by atoms with van der Waals surface area (Å²) in [6.07, 6.45) is 1.34. The van der Waals surface area contributed by atoms with Crippen LogP contribution in [0.4, 0.5) is 5.69 Å². The van der Waals surface area contributed by atoms with Crippen LogP contribution in [0.25, 0.3) is 0 Å². The molecule has 7 heteroatoms. The van der Waals surface area contributed by atoms with Gasteiger partial charge >= 0.3 is 0 Å². The number of carbonyl (C=O) groups is 2. The van der Waals surface area contributed by atoms with E-state index in [1.807, 2.05) is 12.1 Å². The molecule has 0 spiro atoms. The van der Waals surface area contributed by atoms with Crippen LogP contribution >= 0.6 is 0 Å². The first-order chi connectivity index (χ1) is 14.1. The van der Waals surface area contributed by atoms with Gasteiger partial charge in [-0.3, -0.25) is 9.59 Å². The number of benzene rings is 2. The van der Waals surface area contributed by atoms with Gasteiger partial charge in [-0.1, -0.05) is 0 Å². The van der Waals surface area contributed by atoms with Crippen LogP contribution in [0.2, 0.25) is 0 Å². The van der Waals surface area contributed by atoms with E-state index in [1.54, 1.807) is 44.6 Å². The first kappa shape index (κ1) is 20.7. The molecule has 0 saturated heterocycles. The monoisotopic (exact) mass is 398 g/mol. The molecule has 1 aliphatic heterocycles. The summed E-state index contributed by atoms with van der Waals surface area (Å²) in [7, 11) is 3.22. The highest BCUT2D eigenvalue weighted by Gasteiger charge is 2.26. The minimum atomic E-state index is -0.252. The van der Waals surface area contributed by atoms with Crippen LogP contribution < -0.4 is 20.1 Å². The number of hydrogen-bond donors (Lipinski definition) is 2. The first-order valence-electron chi connectivity index (χ1n) is 9.58. The van der Waals surface area contributed by atoms with Gasteiger partial charge in [0.05, 0.1) is 13.0 Å². The highest BCUT2D eigenvalue weighted by atomic mass is 16.5. The number of hydrogen-bond acceptors (Lipinski definition) is 5. The average molecular weight is 398 g/mol. The molecular weight excluding hydrogens is 372 g/mol. The van der Waals surface area contributed by atoms with Crippen LogP contribution in [0.5, 0.6) is 11.5 Å². The largest absolute Gasteiger partial charge is 0.497 e. The number of carbonyl (C=O) groups excluding carboxylic acids is 2. The Morgan fingerprint density at radius 3 is 2.66 bits per heavy atom. The van der Waals surface area contributed by atoms with Gasteiger partial charge in [0.2, 0.25) is 5.91 Å². The number of rotatable bonds is 8. The topological polar surface area (TPSA) is 85.9 Å². The van der Waals surface area contributed by atoms with Gasteiger partial charge in [0, 0.05) is 31.5 Å². The number of anilines is 1. The van der Waals surface area contributed by atoms with Crippen molar-refractivity contribution >= 4 is 17.5 Å². The highest BCUT2D eigenvalue weighted by molar-refractivity contribution is 6.04. The van der Waals surface area contributed by atoms with E-state index in [2.05, 4.69) is 10.6 Å². The molecule has 2 N–H and O–H groups in total. The van der Waals surface area contributed by atoms with Gasteiger partial charge in [-0.05, 0) is 60.9 Å². The fourth-order valence-electron chi connectivity index (χ4n) is 3.16. The van der Waals surface area contributed by atoms with Crippen LogP contribution in [0.15, 0.2) is 42.5 Å². The Morgan fingerprint density at radius 1 is 1.14 bits per heavy atom. The Hall–Kier alpha value is -3.06. The second-order valence-electron chi connectivity index (χ2n) is 6.85. The number of fused-ring (bicyclic) bond motifs is 1. The Bertz CT molecular complexity index is 851. The molecular formula is C22H26N2O5. The molecule has 0 radical (unpaired) electrons. The molecule has 2 amide bonds. The van der Waals surface area contributed by atoms with Crippen molar-refractivity contribution in [3.63, 3.8) is 0 Å². The summed E-state index contributed by atoms with van der Waals surface area (Å²) >= 11 is 0. The van der Waals surface area contributed by atoms with E-state index < -0.39 is 0 Å². The van der Waals surface area contributed by atoms with Gasteiger partial charge in [0.1, 0.15) is 18.1 Å². The van der Waals surface area contributed by atoms with Crippen molar-refractivity contribution in [3.05, 3.63) is 53.6 Å². The third kappa shape index (κ3) is 5.48. The molecule has 0 aliphatic carbocycles. The molecule has 7 nitrogen and oxygen atoms in total. The third-order valence-corrected chi connectivity index (χ3v) is 4.77. The Balaban J connectivity index is 1.61. The molecule has 1 heterocycles. The number of ether oxygens (including phenoxy) is 3. The first-order valence-corrected chi connectivity index (χ1v) is 9.58. The van der Waals surface area contributed by atoms with E-state index in [1.165, 1.54) is 0 Å². The number of amides is 2. The minimum absolute atomic E-state index is 0.0283. The van der Waals surface area contributed by atoms with Crippen molar-refractivity contribution in [2.75, 3.05) is 39.3 Å². The van der Waals surface area contributed by atoms with Crippen molar-refractivity contribution in [1.82, 2.24) is 5.32 Å². The average Bonchev–Trinajstić information content (AvgIpc) is 2.76. The summed E-state index contributed by atoms with van der Waals surface area (Å²) in [6, 6.07) is 12.4. The molecule has 1 atom stereocenters. The molecule has 0 fully saturated rings. The molecule has 0 bridgehead atoms. The number of nitrogens with one attached hydrogen (secondary N) is 2. The van der Waals surface area contributed by atoms with Crippen molar-refractivity contribution in [2.24, 2.45) is 5.92 Å². The smallest absolute Gasteiger partial charge is 0.255 e. The maximum absolute atomic E-state index is 12.5. The van der Waals surface area contributed by atoms with Crippen molar-refractivity contribution in [3.8, 4) is 11.5 Å². The SMILES string of the molecule is COCCCNC(=O)C1COc2ccc(NC(=O)c3ccc(OC)cc3)cc2C1. The summed E-state index contributed by atoms with van der Waals surface area (Å²) in [6.45, 7) is 1.54. The van der Waals surface area contributed by atoms with Gasteiger partial charge in [0.25, 0.3) is 5.91 Å². The molecule has 154 valence electrons. The summed E-state index contributed by atoms with van der Waals surface area (Å²) in [5.41, 5.74) is 2.10. The molecule has 0 saturated carbocycles. The second kappa shape index (κ2) is 9.93. The normalized spacial score (nSPS) is 15.0. The molecule has 1 unspecified atom stereocenters. The zero-order valence-electron chi connectivity index (χ0n) is 16.7. The lowest BCUT2D eigenvalue weighted by Crippen LogP contribution is -2.38. The number of methoxy groups -OCH3 is 2. The van der Waals surface area contributed by atoms with Crippen LogP contribution in [0, 0.1) is 5.92 Å². The Morgan fingerprint density at radius 2 is 1.93 bits per heavy atom. The zero-order valence-corrected chi connectivity index (χ0v) is 16.7. The molecule has 3 rings (SSSR count). The van der Waals surface area contributed by atoms with Crippen LogP contribution in [-0.2, 0) is 16.0 Å². The standard InChI is InChI=1S/C22H26N2O5/c1-27-11-3-10-23-21(25)17-12-16-13-18(6-9-20(16)29-14-17)24-22(26)15-4-7-19(28-2)8-5-15/h4-9,13,17H,3,10-12,14H2,1-2H3,(H,23,25)(H,24,26). The predicted molar refractivity (Wildman–Crippen MR) is 110 cm³/mol. The Kier molecular flexibility index (Phi) is 7.08. The van der Waals surface area contributed by atoms with E-state index in [4.69, 9.17) is 14.2 Å². The van der Waals surface area contributed by atoms with Gasteiger partial charge in [-0.25, -0.2) is 0 Å². The predicted octanol–water partition coefficient (Wildman–Crippen LogP) is 2.65. The fraction of sp³-hybridized carbons (Fsp3) is 0.364. The molecule has 1 aliphatic rings. The third-order valence-electron chi connectivity index (χ3n) is 4.77. The Labute approximate surface area is 170 Å².